The molecule has 2 aromatic carbocycles. The molecule has 0 radical (unpaired) electrons. The Balaban J connectivity index is 2.26. The number of ether oxygens (including phenoxy) is 1. The van der Waals surface area contributed by atoms with E-state index in [2.05, 4.69) is 6.92 Å². The van der Waals surface area contributed by atoms with Crippen LogP contribution in [0.2, 0.25) is 5.02 Å². The van der Waals surface area contributed by atoms with Gasteiger partial charge in [0.15, 0.2) is 0 Å². The minimum Gasteiger partial charge on any atom is -0.457 e. The molecule has 0 atom stereocenters. The summed E-state index contributed by atoms with van der Waals surface area (Å²) in [6.07, 6.45) is 0.870. The van der Waals surface area contributed by atoms with E-state index in [1.54, 1.807) is 0 Å². The molecular formula is C16H16ClNOS. The van der Waals surface area contributed by atoms with E-state index in [1.165, 1.54) is 0 Å². The van der Waals surface area contributed by atoms with Gasteiger partial charge in [-0.25, -0.2) is 0 Å². The zero-order chi connectivity index (χ0) is 14.7. The van der Waals surface area contributed by atoms with Crippen molar-refractivity contribution in [3.63, 3.8) is 0 Å². The van der Waals surface area contributed by atoms with Gasteiger partial charge in [-0.3, -0.25) is 0 Å². The van der Waals surface area contributed by atoms with Crippen LogP contribution in [0.1, 0.15) is 23.6 Å². The van der Waals surface area contributed by atoms with Crippen LogP contribution in [-0.4, -0.2) is 4.99 Å². The first-order chi connectivity index (χ1) is 9.51. The Bertz CT molecular complexity index is 655. The quantitative estimate of drug-likeness (QED) is 0.836. The van der Waals surface area contributed by atoms with Gasteiger partial charge in [-0.2, -0.15) is 0 Å². The summed E-state index contributed by atoms with van der Waals surface area (Å²) in [5.74, 6) is 1.53. The monoisotopic (exact) mass is 305 g/mol. The van der Waals surface area contributed by atoms with Crippen LogP contribution >= 0.6 is 23.8 Å². The Morgan fingerprint density at radius 2 is 1.85 bits per heavy atom. The van der Waals surface area contributed by atoms with Crippen LogP contribution < -0.4 is 10.5 Å². The van der Waals surface area contributed by atoms with Gasteiger partial charge in [0, 0.05) is 10.6 Å². The van der Waals surface area contributed by atoms with Crippen molar-refractivity contribution < 1.29 is 4.74 Å². The summed E-state index contributed by atoms with van der Waals surface area (Å²) in [4.78, 5) is 0.397. The molecule has 0 bridgehead atoms. The Morgan fingerprint density at radius 3 is 2.45 bits per heavy atom. The number of thiocarbonyl (C=S) groups is 1. The van der Waals surface area contributed by atoms with Crippen LogP contribution in [0.5, 0.6) is 11.5 Å². The van der Waals surface area contributed by atoms with Crippen molar-refractivity contribution in [2.24, 2.45) is 5.73 Å². The van der Waals surface area contributed by atoms with E-state index < -0.39 is 0 Å². The molecule has 0 aliphatic heterocycles. The maximum absolute atomic E-state index is 6.10. The Labute approximate surface area is 129 Å². The highest BCUT2D eigenvalue weighted by molar-refractivity contribution is 7.80. The van der Waals surface area contributed by atoms with Crippen molar-refractivity contribution in [3.05, 3.63) is 58.1 Å². The molecule has 4 heteroatoms. The smallest absolute Gasteiger partial charge is 0.127 e. The lowest BCUT2D eigenvalue weighted by Gasteiger charge is -2.10. The van der Waals surface area contributed by atoms with Crippen molar-refractivity contribution in [2.75, 3.05) is 0 Å². The topological polar surface area (TPSA) is 35.2 Å². The van der Waals surface area contributed by atoms with E-state index in [0.717, 1.165) is 39.6 Å². The van der Waals surface area contributed by atoms with Gasteiger partial charge < -0.3 is 10.5 Å². The number of halogens is 1. The molecule has 0 heterocycles. The van der Waals surface area contributed by atoms with E-state index in [-0.39, 0.29) is 0 Å². The van der Waals surface area contributed by atoms with E-state index in [4.69, 9.17) is 34.3 Å². The molecular weight excluding hydrogens is 290 g/mol. The second-order valence-electron chi connectivity index (χ2n) is 4.55. The molecule has 2 aromatic rings. The third kappa shape index (κ3) is 3.30. The molecule has 2 N–H and O–H groups in total. The Morgan fingerprint density at radius 1 is 1.20 bits per heavy atom. The van der Waals surface area contributed by atoms with E-state index >= 15 is 0 Å². The molecule has 0 saturated carbocycles. The molecule has 0 aromatic heterocycles. The molecule has 2 nitrogen and oxygen atoms in total. The minimum absolute atomic E-state index is 0.397. The Hall–Kier alpha value is -1.58. The number of aryl methyl sites for hydroxylation is 2. The number of rotatable bonds is 4. The zero-order valence-corrected chi connectivity index (χ0v) is 13.0. The molecule has 0 aliphatic carbocycles. The van der Waals surface area contributed by atoms with E-state index in [9.17, 15) is 0 Å². The first-order valence-corrected chi connectivity index (χ1v) is 7.16. The maximum atomic E-state index is 6.10. The highest BCUT2D eigenvalue weighted by atomic mass is 35.5. The first-order valence-electron chi connectivity index (χ1n) is 6.38. The summed E-state index contributed by atoms with van der Waals surface area (Å²) in [6, 6.07) is 11.3. The predicted octanol–water partition coefficient (Wildman–Crippen LogP) is 4.64. The molecule has 104 valence electrons. The van der Waals surface area contributed by atoms with Gasteiger partial charge in [-0.1, -0.05) is 30.7 Å². The molecule has 2 rings (SSSR count). The summed E-state index contributed by atoms with van der Waals surface area (Å²) >= 11 is 11.1. The third-order valence-electron chi connectivity index (χ3n) is 3.10. The predicted molar refractivity (Wildman–Crippen MR) is 88.0 cm³/mol. The number of benzene rings is 2. The maximum Gasteiger partial charge on any atom is 0.127 e. The molecule has 0 unspecified atom stereocenters. The van der Waals surface area contributed by atoms with Gasteiger partial charge in [0.05, 0.1) is 0 Å². The number of hydrogen-bond acceptors (Lipinski definition) is 2. The second-order valence-corrected chi connectivity index (χ2v) is 5.40. The van der Waals surface area contributed by atoms with Gasteiger partial charge in [0.25, 0.3) is 0 Å². The van der Waals surface area contributed by atoms with Gasteiger partial charge in [-0.05, 0) is 60.9 Å². The first kappa shape index (κ1) is 14.8. The molecule has 20 heavy (non-hydrogen) atoms. The minimum atomic E-state index is 0.397. The zero-order valence-electron chi connectivity index (χ0n) is 11.4. The summed E-state index contributed by atoms with van der Waals surface area (Å²) in [5, 5.41) is 0.764. The van der Waals surface area contributed by atoms with Crippen LogP contribution in [0, 0.1) is 6.92 Å². The highest BCUT2D eigenvalue weighted by Crippen LogP contribution is 2.27. The van der Waals surface area contributed by atoms with Crippen molar-refractivity contribution in [3.8, 4) is 11.5 Å². The molecule has 0 spiro atoms. The standard InChI is InChI=1S/C16H16ClNOS/c1-3-11-9-13(5-7-15(11)17)19-12-4-6-14(16(18)20)10(2)8-12/h4-9H,3H2,1-2H3,(H2,18,20). The van der Waals surface area contributed by atoms with Crippen molar-refractivity contribution in [1.29, 1.82) is 0 Å². The number of nitrogens with two attached hydrogens (primary N) is 1. The van der Waals surface area contributed by atoms with Crippen molar-refractivity contribution in [2.45, 2.75) is 20.3 Å². The summed E-state index contributed by atoms with van der Waals surface area (Å²) in [6.45, 7) is 4.02. The average molecular weight is 306 g/mol. The van der Waals surface area contributed by atoms with Gasteiger partial charge in [0.1, 0.15) is 16.5 Å². The summed E-state index contributed by atoms with van der Waals surface area (Å²) < 4.78 is 5.85. The average Bonchev–Trinajstić information content (AvgIpc) is 2.40. The molecule has 0 saturated heterocycles. The fourth-order valence-corrected chi connectivity index (χ4v) is 2.48. The lowest BCUT2D eigenvalue weighted by atomic mass is 10.1. The lowest BCUT2D eigenvalue weighted by Crippen LogP contribution is -2.10. The summed E-state index contributed by atoms with van der Waals surface area (Å²) in [5.41, 5.74) is 8.59. The van der Waals surface area contributed by atoms with Crippen LogP contribution in [0.25, 0.3) is 0 Å². The summed E-state index contributed by atoms with van der Waals surface area (Å²) in [7, 11) is 0. The van der Waals surface area contributed by atoms with Gasteiger partial charge in [-0.15, -0.1) is 0 Å². The van der Waals surface area contributed by atoms with E-state index in [1.807, 2.05) is 43.3 Å². The van der Waals surface area contributed by atoms with Crippen molar-refractivity contribution >= 4 is 28.8 Å². The molecule has 0 amide bonds. The van der Waals surface area contributed by atoms with Crippen molar-refractivity contribution in [1.82, 2.24) is 0 Å². The van der Waals surface area contributed by atoms with Gasteiger partial charge >= 0.3 is 0 Å². The van der Waals surface area contributed by atoms with Crippen LogP contribution in [0.15, 0.2) is 36.4 Å². The van der Waals surface area contributed by atoms with Crippen LogP contribution in [0.3, 0.4) is 0 Å². The van der Waals surface area contributed by atoms with Crippen LogP contribution in [-0.2, 0) is 6.42 Å². The SMILES string of the molecule is CCc1cc(Oc2ccc(C(N)=S)c(C)c2)ccc1Cl. The fourth-order valence-electron chi connectivity index (χ4n) is 2.00. The highest BCUT2D eigenvalue weighted by Gasteiger charge is 2.06. The number of hydrogen-bond donors (Lipinski definition) is 1. The van der Waals surface area contributed by atoms with Crippen LogP contribution in [0.4, 0.5) is 0 Å². The molecule has 0 fully saturated rings. The largest absolute Gasteiger partial charge is 0.457 e. The Kier molecular flexibility index (Phi) is 4.63. The normalized spacial score (nSPS) is 10.3. The molecule has 0 aliphatic rings. The van der Waals surface area contributed by atoms with Gasteiger partial charge in [0.2, 0.25) is 0 Å². The fraction of sp³-hybridized carbons (Fsp3) is 0.188. The second kappa shape index (κ2) is 6.25. The van der Waals surface area contributed by atoms with E-state index in [0.29, 0.717) is 4.99 Å². The lowest BCUT2D eigenvalue weighted by molar-refractivity contribution is 0.481. The third-order valence-corrected chi connectivity index (χ3v) is 3.69.